The van der Waals surface area contributed by atoms with Crippen molar-refractivity contribution in [2.75, 3.05) is 50.0 Å². The number of anilines is 2. The Kier molecular flexibility index (Phi) is 8.28. The number of hydrogen-bond donors (Lipinski definition) is 2. The topological polar surface area (TPSA) is 101 Å². The predicted molar refractivity (Wildman–Crippen MR) is 136 cm³/mol. The fourth-order valence-electron chi connectivity index (χ4n) is 4.31. The molecule has 1 aromatic carbocycles. The van der Waals surface area contributed by atoms with Crippen molar-refractivity contribution in [3.8, 4) is 0 Å². The number of ether oxygens (including phenoxy) is 1. The molecule has 4 heterocycles. The summed E-state index contributed by atoms with van der Waals surface area (Å²) >= 11 is 0. The molecule has 0 spiro atoms. The van der Waals surface area contributed by atoms with Gasteiger partial charge in [-0.2, -0.15) is 0 Å². The monoisotopic (exact) mass is 500 g/mol. The molecule has 2 aliphatic heterocycles. The van der Waals surface area contributed by atoms with Gasteiger partial charge >= 0.3 is 0 Å². The van der Waals surface area contributed by atoms with Gasteiger partial charge in [-0.25, -0.2) is 18.7 Å². The molecule has 5 rings (SSSR count). The lowest BCUT2D eigenvalue weighted by Crippen LogP contribution is -2.46. The van der Waals surface area contributed by atoms with Gasteiger partial charge in [-0.05, 0) is 51.0 Å². The van der Waals surface area contributed by atoms with E-state index in [-0.39, 0.29) is 0 Å². The molecule has 3 N–H and O–H groups in total. The highest BCUT2D eigenvalue weighted by Crippen LogP contribution is 2.25. The average molecular weight is 501 g/mol. The molecule has 0 saturated carbocycles. The summed E-state index contributed by atoms with van der Waals surface area (Å²) in [6.07, 6.45) is 4.58. The van der Waals surface area contributed by atoms with Crippen LogP contribution in [0, 0.1) is 11.6 Å². The van der Waals surface area contributed by atoms with Crippen molar-refractivity contribution < 1.29 is 18.6 Å². The third-order valence-corrected chi connectivity index (χ3v) is 6.13. The Morgan fingerprint density at radius 2 is 1.75 bits per heavy atom. The van der Waals surface area contributed by atoms with Gasteiger partial charge in [0.15, 0.2) is 11.6 Å². The maximum atomic E-state index is 13.9. The maximum Gasteiger partial charge on any atom is 0.172 e. The quantitative estimate of drug-likeness (QED) is 0.550. The number of halogens is 2. The fraction of sp³-hybridized carbons (Fsp3) is 0.500. The summed E-state index contributed by atoms with van der Waals surface area (Å²) in [5.74, 6) is 0.0929. The molecule has 0 amide bonds. The van der Waals surface area contributed by atoms with Crippen LogP contribution in [-0.4, -0.2) is 70.0 Å². The Balaban J connectivity index is 0.000000543. The number of nitrogens with zero attached hydrogens (tertiary/aromatic N) is 5. The number of fused-ring (bicyclic) bond motifs is 1. The Morgan fingerprint density at radius 3 is 2.39 bits per heavy atom. The molecule has 194 valence electrons. The summed E-state index contributed by atoms with van der Waals surface area (Å²) in [7, 11) is 0. The lowest BCUT2D eigenvalue weighted by atomic mass is 10.0. The van der Waals surface area contributed by atoms with Crippen molar-refractivity contribution >= 4 is 22.7 Å². The molecule has 2 fully saturated rings. The molecule has 0 aliphatic carbocycles. The second-order valence-corrected chi connectivity index (χ2v) is 9.90. The molecule has 0 atom stereocenters. The van der Waals surface area contributed by atoms with Crippen LogP contribution in [0.15, 0.2) is 30.5 Å². The fourth-order valence-corrected chi connectivity index (χ4v) is 4.31. The summed E-state index contributed by atoms with van der Waals surface area (Å²) < 4.78 is 32.3. The van der Waals surface area contributed by atoms with Gasteiger partial charge in [-0.1, -0.05) is 0 Å². The SMILES string of the molecule is C1CCOC1.CC(C)(O)Cc1cc2nc(N3CCN(Cc4cc(F)ccc4F)CC3)c(N)nc2cn1. The zero-order valence-electron chi connectivity index (χ0n) is 20.9. The third kappa shape index (κ3) is 7.05. The molecular formula is C26H34F2N6O2. The number of rotatable bonds is 5. The van der Waals surface area contributed by atoms with Gasteiger partial charge in [-0.15, -0.1) is 0 Å². The zero-order valence-corrected chi connectivity index (χ0v) is 20.9. The van der Waals surface area contributed by atoms with E-state index in [0.717, 1.165) is 31.0 Å². The van der Waals surface area contributed by atoms with Crippen LogP contribution >= 0.6 is 0 Å². The van der Waals surface area contributed by atoms with Crippen LogP contribution in [0.25, 0.3) is 11.0 Å². The second-order valence-electron chi connectivity index (χ2n) is 9.90. The Hall–Kier alpha value is -2.95. The standard InChI is InChI=1S/C22H26F2N6O.C4H8O/c1-22(2,31)11-16-10-18-19(12-26-16)27-20(25)21(28-18)30-7-5-29(6-8-30)13-14-9-15(23)3-4-17(14)24;1-2-4-5-3-1/h3-4,9-10,12,31H,5-8,11,13H2,1-2H3,(H2,25,27);1-4H2. The molecule has 2 saturated heterocycles. The minimum Gasteiger partial charge on any atom is -0.390 e. The number of hydrogen-bond acceptors (Lipinski definition) is 8. The van der Waals surface area contributed by atoms with Gasteiger partial charge in [-0.3, -0.25) is 9.88 Å². The van der Waals surface area contributed by atoms with E-state index in [9.17, 15) is 13.9 Å². The highest BCUT2D eigenvalue weighted by atomic mass is 19.1. The number of nitrogen functional groups attached to an aromatic ring is 1. The van der Waals surface area contributed by atoms with E-state index in [2.05, 4.69) is 19.8 Å². The number of aromatic nitrogens is 3. The first-order valence-electron chi connectivity index (χ1n) is 12.3. The summed E-state index contributed by atoms with van der Waals surface area (Å²) in [6, 6.07) is 5.35. The first kappa shape index (κ1) is 26.1. The number of pyridine rings is 1. The Bertz CT molecular complexity index is 1170. The normalized spacial score (nSPS) is 16.8. The summed E-state index contributed by atoms with van der Waals surface area (Å²) in [5.41, 5.74) is 7.64. The van der Waals surface area contributed by atoms with Gasteiger partial charge in [0.1, 0.15) is 17.2 Å². The lowest BCUT2D eigenvalue weighted by molar-refractivity contribution is 0.0800. The highest BCUT2D eigenvalue weighted by molar-refractivity contribution is 5.79. The first-order valence-corrected chi connectivity index (χ1v) is 12.3. The molecular weight excluding hydrogens is 466 g/mol. The summed E-state index contributed by atoms with van der Waals surface area (Å²) in [5, 5.41) is 10.1. The second kappa shape index (κ2) is 11.4. The van der Waals surface area contributed by atoms with E-state index in [4.69, 9.17) is 15.5 Å². The van der Waals surface area contributed by atoms with E-state index < -0.39 is 17.2 Å². The van der Waals surface area contributed by atoms with Crippen LogP contribution in [0.5, 0.6) is 0 Å². The number of benzene rings is 1. The molecule has 0 unspecified atom stereocenters. The number of piperazine rings is 1. The van der Waals surface area contributed by atoms with Crippen LogP contribution in [-0.2, 0) is 17.7 Å². The van der Waals surface area contributed by atoms with Crippen LogP contribution in [0.2, 0.25) is 0 Å². The van der Waals surface area contributed by atoms with Gasteiger partial charge in [0.2, 0.25) is 0 Å². The van der Waals surface area contributed by atoms with Crippen LogP contribution in [0.1, 0.15) is 37.9 Å². The molecule has 0 bridgehead atoms. The van der Waals surface area contributed by atoms with Crippen molar-refractivity contribution in [3.63, 3.8) is 0 Å². The largest absolute Gasteiger partial charge is 0.390 e. The molecule has 0 radical (unpaired) electrons. The van der Waals surface area contributed by atoms with Crippen LogP contribution in [0.4, 0.5) is 20.4 Å². The smallest absolute Gasteiger partial charge is 0.172 e. The van der Waals surface area contributed by atoms with Crippen molar-refractivity contribution in [1.29, 1.82) is 0 Å². The minimum atomic E-state index is -0.873. The van der Waals surface area contributed by atoms with Crippen molar-refractivity contribution in [2.24, 2.45) is 0 Å². The van der Waals surface area contributed by atoms with Crippen molar-refractivity contribution in [1.82, 2.24) is 19.9 Å². The molecule has 10 heteroatoms. The van der Waals surface area contributed by atoms with E-state index in [1.165, 1.54) is 18.9 Å². The van der Waals surface area contributed by atoms with Crippen molar-refractivity contribution in [2.45, 2.75) is 45.3 Å². The highest BCUT2D eigenvalue weighted by Gasteiger charge is 2.22. The van der Waals surface area contributed by atoms with E-state index in [0.29, 0.717) is 67.4 Å². The molecule has 3 aromatic rings. The van der Waals surface area contributed by atoms with Gasteiger partial charge in [0, 0.05) is 63.6 Å². The van der Waals surface area contributed by atoms with Crippen molar-refractivity contribution in [3.05, 3.63) is 53.4 Å². The maximum absolute atomic E-state index is 13.9. The lowest BCUT2D eigenvalue weighted by Gasteiger charge is -2.35. The Morgan fingerprint density at radius 1 is 1.03 bits per heavy atom. The number of nitrogens with two attached hydrogens (primary N) is 1. The van der Waals surface area contributed by atoms with E-state index in [1.807, 2.05) is 6.07 Å². The molecule has 8 nitrogen and oxygen atoms in total. The third-order valence-electron chi connectivity index (χ3n) is 6.13. The van der Waals surface area contributed by atoms with Gasteiger partial charge < -0.3 is 20.5 Å². The first-order chi connectivity index (χ1) is 17.2. The molecule has 2 aromatic heterocycles. The summed E-state index contributed by atoms with van der Waals surface area (Å²) in [4.78, 5) is 17.6. The van der Waals surface area contributed by atoms with Gasteiger partial charge in [0.05, 0.1) is 17.3 Å². The van der Waals surface area contributed by atoms with E-state index >= 15 is 0 Å². The summed E-state index contributed by atoms with van der Waals surface area (Å²) in [6.45, 7) is 8.42. The van der Waals surface area contributed by atoms with Crippen LogP contribution < -0.4 is 10.6 Å². The Labute approximate surface area is 210 Å². The predicted octanol–water partition coefficient (Wildman–Crippen LogP) is 3.32. The average Bonchev–Trinajstić information content (AvgIpc) is 3.41. The van der Waals surface area contributed by atoms with Gasteiger partial charge in [0.25, 0.3) is 0 Å². The molecule has 36 heavy (non-hydrogen) atoms. The zero-order chi connectivity index (χ0) is 25.7. The number of aliphatic hydroxyl groups is 1. The molecule has 2 aliphatic rings. The minimum absolute atomic E-state index is 0.328. The van der Waals surface area contributed by atoms with E-state index in [1.54, 1.807) is 20.0 Å². The van der Waals surface area contributed by atoms with Crippen LogP contribution in [0.3, 0.4) is 0 Å².